The van der Waals surface area contributed by atoms with Crippen molar-refractivity contribution in [2.24, 2.45) is 5.73 Å². The number of carbonyl (C=O) groups excluding carboxylic acids is 2. The van der Waals surface area contributed by atoms with Crippen molar-refractivity contribution in [2.45, 2.75) is 13.8 Å². The molecule has 0 fully saturated rings. The Morgan fingerprint density at radius 3 is 2.19 bits per heavy atom. The number of amides is 3. The maximum absolute atomic E-state index is 12.1. The van der Waals surface area contributed by atoms with E-state index in [9.17, 15) is 9.59 Å². The molecule has 6 heteroatoms. The quantitative estimate of drug-likeness (QED) is 0.572. The average molecular weight is 348 g/mol. The van der Waals surface area contributed by atoms with E-state index < -0.39 is 5.91 Å². The van der Waals surface area contributed by atoms with Gasteiger partial charge in [-0.25, -0.2) is 4.79 Å². The number of nitrogens with two attached hydrogens (primary N) is 1. The average Bonchev–Trinajstić information content (AvgIpc) is 3.09. The molecule has 5 N–H and O–H groups in total. The van der Waals surface area contributed by atoms with Crippen LogP contribution in [0.4, 0.5) is 16.2 Å². The van der Waals surface area contributed by atoms with Crippen molar-refractivity contribution in [3.63, 3.8) is 0 Å². The smallest absolute Gasteiger partial charge is 0.323 e. The van der Waals surface area contributed by atoms with Crippen LogP contribution >= 0.6 is 0 Å². The summed E-state index contributed by atoms with van der Waals surface area (Å²) in [5.41, 5.74) is 10.9. The van der Waals surface area contributed by atoms with Crippen LogP contribution < -0.4 is 16.4 Å². The van der Waals surface area contributed by atoms with E-state index in [0.29, 0.717) is 11.4 Å². The van der Waals surface area contributed by atoms with Gasteiger partial charge in [0.05, 0.1) is 0 Å². The third-order valence-electron chi connectivity index (χ3n) is 4.21. The molecule has 0 aliphatic heterocycles. The highest BCUT2D eigenvalue weighted by atomic mass is 16.2. The Labute approximate surface area is 151 Å². The molecular formula is C20H20N4O2. The Morgan fingerprint density at radius 2 is 1.54 bits per heavy atom. The summed E-state index contributed by atoms with van der Waals surface area (Å²) in [5.74, 6) is -0.514. The Kier molecular flexibility index (Phi) is 4.75. The van der Waals surface area contributed by atoms with Crippen LogP contribution in [0.2, 0.25) is 0 Å². The van der Waals surface area contributed by atoms with E-state index in [0.717, 1.165) is 22.4 Å². The van der Waals surface area contributed by atoms with Gasteiger partial charge in [-0.3, -0.25) is 4.79 Å². The van der Waals surface area contributed by atoms with Crippen LogP contribution in [-0.4, -0.2) is 16.9 Å². The van der Waals surface area contributed by atoms with Crippen molar-refractivity contribution in [3.8, 4) is 11.1 Å². The van der Waals surface area contributed by atoms with Crippen LogP contribution in [0.1, 0.15) is 21.6 Å². The predicted molar refractivity (Wildman–Crippen MR) is 103 cm³/mol. The highest BCUT2D eigenvalue weighted by Crippen LogP contribution is 2.24. The molecule has 3 aromatic rings. The number of aryl methyl sites for hydroxylation is 2. The molecule has 1 aromatic heterocycles. The second kappa shape index (κ2) is 7.14. The molecule has 2 aromatic carbocycles. The van der Waals surface area contributed by atoms with Gasteiger partial charge in [-0.2, -0.15) is 0 Å². The first-order valence-corrected chi connectivity index (χ1v) is 8.17. The summed E-state index contributed by atoms with van der Waals surface area (Å²) in [6, 6.07) is 14.4. The molecule has 3 amide bonds. The van der Waals surface area contributed by atoms with Gasteiger partial charge < -0.3 is 21.4 Å². The highest BCUT2D eigenvalue weighted by Gasteiger charge is 2.11. The van der Waals surface area contributed by atoms with Gasteiger partial charge in [0.1, 0.15) is 5.69 Å². The van der Waals surface area contributed by atoms with Crippen molar-refractivity contribution in [1.29, 1.82) is 0 Å². The Hall–Kier alpha value is -3.54. The van der Waals surface area contributed by atoms with Crippen molar-refractivity contribution < 1.29 is 9.59 Å². The number of hydrogen-bond acceptors (Lipinski definition) is 2. The summed E-state index contributed by atoms with van der Waals surface area (Å²) in [6.45, 7) is 4.02. The van der Waals surface area contributed by atoms with Crippen LogP contribution in [0.5, 0.6) is 0 Å². The molecule has 0 atom stereocenters. The molecule has 6 nitrogen and oxygen atoms in total. The summed E-state index contributed by atoms with van der Waals surface area (Å²) in [7, 11) is 0. The fraction of sp³-hybridized carbons (Fsp3) is 0.100. The first-order chi connectivity index (χ1) is 12.4. The lowest BCUT2D eigenvalue weighted by molar-refractivity contribution is 0.0997. The van der Waals surface area contributed by atoms with Crippen molar-refractivity contribution >= 4 is 23.3 Å². The monoisotopic (exact) mass is 348 g/mol. The van der Waals surface area contributed by atoms with Gasteiger partial charge in [0.2, 0.25) is 0 Å². The third kappa shape index (κ3) is 3.75. The summed E-state index contributed by atoms with van der Waals surface area (Å²) in [6.07, 6.45) is 1.67. The maximum atomic E-state index is 12.1. The molecule has 132 valence electrons. The number of benzene rings is 2. The lowest BCUT2D eigenvalue weighted by atomic mass is 10.1. The first-order valence-electron chi connectivity index (χ1n) is 8.17. The summed E-state index contributed by atoms with van der Waals surface area (Å²) in [4.78, 5) is 26.4. The van der Waals surface area contributed by atoms with Gasteiger partial charge >= 0.3 is 6.03 Å². The standard InChI is InChI=1S/C20H20N4O2/c1-12-3-6-16(11-13(12)2)24-20(26)23-15-7-4-14(5-8-15)17-9-10-22-18(17)19(21)25/h3-11,22H,1-2H3,(H2,21,25)(H2,23,24,26). The van der Waals surface area contributed by atoms with E-state index in [1.54, 1.807) is 24.4 Å². The minimum Gasteiger partial charge on any atom is -0.364 e. The second-order valence-corrected chi connectivity index (χ2v) is 6.09. The lowest BCUT2D eigenvalue weighted by Gasteiger charge is -2.10. The van der Waals surface area contributed by atoms with E-state index in [1.807, 2.05) is 44.2 Å². The number of aromatic nitrogens is 1. The zero-order chi connectivity index (χ0) is 18.7. The molecule has 0 aliphatic rings. The lowest BCUT2D eigenvalue weighted by Crippen LogP contribution is -2.19. The van der Waals surface area contributed by atoms with Gasteiger partial charge in [-0.1, -0.05) is 18.2 Å². The zero-order valence-electron chi connectivity index (χ0n) is 14.6. The third-order valence-corrected chi connectivity index (χ3v) is 4.21. The molecule has 0 unspecified atom stereocenters. The number of carbonyl (C=O) groups is 2. The van der Waals surface area contributed by atoms with Gasteiger partial charge in [-0.05, 0) is 60.9 Å². The zero-order valence-corrected chi connectivity index (χ0v) is 14.6. The number of aromatic amines is 1. The SMILES string of the molecule is Cc1ccc(NC(=O)Nc2ccc(-c3cc[nH]c3C(N)=O)cc2)cc1C. The summed E-state index contributed by atoms with van der Waals surface area (Å²) in [5, 5.41) is 5.59. The minimum atomic E-state index is -0.514. The van der Waals surface area contributed by atoms with Crippen LogP contribution in [0.3, 0.4) is 0 Å². The molecule has 1 heterocycles. The fourth-order valence-corrected chi connectivity index (χ4v) is 2.66. The molecule has 0 saturated carbocycles. The molecule has 0 bridgehead atoms. The van der Waals surface area contributed by atoms with Gasteiger partial charge in [0.25, 0.3) is 5.91 Å². The number of hydrogen-bond donors (Lipinski definition) is 4. The molecule has 0 aliphatic carbocycles. The van der Waals surface area contributed by atoms with Crippen molar-refractivity contribution in [1.82, 2.24) is 4.98 Å². The maximum Gasteiger partial charge on any atom is 0.323 e. The van der Waals surface area contributed by atoms with Crippen LogP contribution in [-0.2, 0) is 0 Å². The Morgan fingerprint density at radius 1 is 0.885 bits per heavy atom. The van der Waals surface area contributed by atoms with Gasteiger partial charge in [0.15, 0.2) is 0 Å². The van der Waals surface area contributed by atoms with Crippen molar-refractivity contribution in [3.05, 3.63) is 71.5 Å². The van der Waals surface area contributed by atoms with Gasteiger partial charge in [-0.15, -0.1) is 0 Å². The van der Waals surface area contributed by atoms with Gasteiger partial charge in [0, 0.05) is 23.1 Å². The number of nitrogens with one attached hydrogen (secondary N) is 3. The molecule has 26 heavy (non-hydrogen) atoms. The second-order valence-electron chi connectivity index (χ2n) is 6.09. The molecule has 0 radical (unpaired) electrons. The highest BCUT2D eigenvalue weighted by molar-refractivity contribution is 6.00. The summed E-state index contributed by atoms with van der Waals surface area (Å²) >= 11 is 0. The van der Waals surface area contributed by atoms with Crippen LogP contribution in [0.15, 0.2) is 54.7 Å². The van der Waals surface area contributed by atoms with Crippen molar-refractivity contribution in [2.75, 3.05) is 10.6 Å². The largest absolute Gasteiger partial charge is 0.364 e. The van der Waals surface area contributed by atoms with Crippen LogP contribution in [0, 0.1) is 13.8 Å². The minimum absolute atomic E-state index is 0.319. The summed E-state index contributed by atoms with van der Waals surface area (Å²) < 4.78 is 0. The van der Waals surface area contributed by atoms with E-state index in [-0.39, 0.29) is 6.03 Å². The number of H-pyrrole nitrogens is 1. The molecule has 0 saturated heterocycles. The fourth-order valence-electron chi connectivity index (χ4n) is 2.66. The molecular weight excluding hydrogens is 328 g/mol. The van der Waals surface area contributed by atoms with E-state index >= 15 is 0 Å². The predicted octanol–water partition coefficient (Wildman–Crippen LogP) is 4.04. The van der Waals surface area contributed by atoms with Crippen LogP contribution in [0.25, 0.3) is 11.1 Å². The van der Waals surface area contributed by atoms with E-state index in [1.165, 1.54) is 5.56 Å². The Balaban J connectivity index is 1.69. The number of primary amides is 1. The van der Waals surface area contributed by atoms with E-state index in [2.05, 4.69) is 15.6 Å². The number of urea groups is 1. The normalized spacial score (nSPS) is 10.4. The first kappa shape index (κ1) is 17.3. The Bertz CT molecular complexity index is 958. The molecule has 3 rings (SSSR count). The van der Waals surface area contributed by atoms with E-state index in [4.69, 9.17) is 5.73 Å². The topological polar surface area (TPSA) is 100 Å². The number of anilines is 2. The molecule has 0 spiro atoms. The number of rotatable bonds is 4.